The topological polar surface area (TPSA) is 36.9 Å². The van der Waals surface area contributed by atoms with Crippen molar-refractivity contribution in [3.63, 3.8) is 0 Å². The van der Waals surface area contributed by atoms with Gasteiger partial charge in [-0.2, -0.15) is 0 Å². The number of hydrogen-bond donors (Lipinski definition) is 0. The first-order valence-electron chi connectivity index (χ1n) is 3.44. The number of hydrogen-bond acceptors (Lipinski definition) is 4. The summed E-state index contributed by atoms with van der Waals surface area (Å²) in [6, 6.07) is 0. The Morgan fingerprint density at radius 3 is 1.58 bits per heavy atom. The van der Waals surface area contributed by atoms with Crippen LogP contribution in [0.5, 0.6) is 0 Å². The van der Waals surface area contributed by atoms with E-state index in [-0.39, 0.29) is 45.4 Å². The van der Waals surface area contributed by atoms with Gasteiger partial charge in [-0.15, -0.1) is 0 Å². The third kappa shape index (κ3) is 13.9. The molecule has 0 aromatic rings. The van der Waals surface area contributed by atoms with Gasteiger partial charge in [-0.25, -0.2) is 0 Å². The molecular weight excluding hydrogens is 186 g/mol. The zero-order valence-electron chi connectivity index (χ0n) is 8.04. The Labute approximate surface area is 103 Å². The Balaban J connectivity index is 0. The van der Waals surface area contributed by atoms with Gasteiger partial charge in [0.25, 0.3) is 0 Å². The first-order valence-corrected chi connectivity index (χ1v) is 4.39. The maximum absolute atomic E-state index is 5.10. The van der Waals surface area contributed by atoms with Crippen molar-refractivity contribution in [1.29, 1.82) is 0 Å². The number of rotatable bonds is 8. The maximum atomic E-state index is 5.10. The zero-order valence-corrected chi connectivity index (χ0v) is 11.2. The van der Waals surface area contributed by atoms with Gasteiger partial charge in [0.1, 0.15) is 0 Å². The summed E-state index contributed by atoms with van der Waals surface area (Å²) in [4.78, 5) is 0. The Hall–Kier alpha value is 1.37. The summed E-state index contributed by atoms with van der Waals surface area (Å²) in [5.74, 6) is 0. The van der Waals surface area contributed by atoms with Crippen molar-refractivity contribution >= 4 is 45.4 Å². The van der Waals surface area contributed by atoms with Gasteiger partial charge in [0.05, 0.1) is 13.2 Å². The molecule has 0 aliphatic heterocycles. The average molecular weight is 200 g/mol. The molecule has 0 saturated carbocycles. The van der Waals surface area contributed by atoms with Crippen molar-refractivity contribution in [2.75, 3.05) is 40.6 Å². The van der Waals surface area contributed by atoms with Crippen LogP contribution >= 0.6 is 0 Å². The van der Waals surface area contributed by atoms with Gasteiger partial charge < -0.3 is 17.1 Å². The van der Waals surface area contributed by atoms with Crippen molar-refractivity contribution in [2.45, 2.75) is 0 Å². The van der Waals surface area contributed by atoms with E-state index in [2.05, 4.69) is 0 Å². The van der Waals surface area contributed by atoms with Crippen LogP contribution in [-0.2, 0) is 17.1 Å². The van der Waals surface area contributed by atoms with Gasteiger partial charge in [-0.1, -0.05) is 0 Å². The predicted molar refractivity (Wildman–Crippen MR) is 47.2 cm³/mol. The monoisotopic (exact) mass is 200 g/mol. The first-order chi connectivity index (χ1) is 5.41. The van der Waals surface area contributed by atoms with Crippen LogP contribution < -0.4 is 0 Å². The molecule has 0 aliphatic carbocycles. The molecule has 0 aliphatic rings. The van der Waals surface area contributed by atoms with Crippen molar-refractivity contribution < 1.29 is 17.1 Å². The molecule has 0 bridgehead atoms. The van der Waals surface area contributed by atoms with E-state index in [0.717, 1.165) is 0 Å². The summed E-state index contributed by atoms with van der Waals surface area (Å²) in [5, 5.41) is 0. The van der Waals surface area contributed by atoms with Crippen molar-refractivity contribution in [3.05, 3.63) is 0 Å². The third-order valence-corrected chi connectivity index (χ3v) is 1.69. The smallest absolute Gasteiger partial charge is 0.482 e. The fourth-order valence-corrected chi connectivity index (χ4v) is 0.888. The average Bonchev–Trinajstić information content (AvgIpc) is 2.03. The van der Waals surface area contributed by atoms with Gasteiger partial charge in [0.15, 0.2) is 0 Å². The summed E-state index contributed by atoms with van der Waals surface area (Å²) >= 11 is -0.349. The predicted octanol–water partition coefficient (Wildman–Crippen LogP) is -0.534. The molecule has 0 aromatic heterocycles. The summed E-state index contributed by atoms with van der Waals surface area (Å²) in [7, 11) is 3.29. The third-order valence-electron chi connectivity index (χ3n) is 0.947. The molecule has 0 unspecified atom stereocenters. The minimum Gasteiger partial charge on any atom is -0.482 e. The van der Waals surface area contributed by atoms with Crippen LogP contribution in [-0.4, -0.2) is 86.1 Å². The Kier molecular flexibility index (Phi) is 19.6. The van der Waals surface area contributed by atoms with Crippen LogP contribution in [0.4, 0.5) is 0 Å². The van der Waals surface area contributed by atoms with Crippen LogP contribution in [0.15, 0.2) is 0 Å². The summed E-state index contributed by atoms with van der Waals surface area (Å²) < 4.78 is 19.8. The van der Waals surface area contributed by atoms with Crippen LogP contribution in [0.2, 0.25) is 0 Å². The van der Waals surface area contributed by atoms with E-state index in [1.54, 1.807) is 14.2 Å². The van der Waals surface area contributed by atoms with Gasteiger partial charge in [0.2, 0.25) is 0 Å². The van der Waals surface area contributed by atoms with Gasteiger partial charge in [0, 0.05) is 57.0 Å². The molecule has 0 atom stereocenters. The quantitative estimate of drug-likeness (QED) is 0.389. The second-order valence-corrected chi connectivity index (χ2v) is 2.68. The standard InChI is InChI=1S/2C3H7O2.Al.Na/c2*1-5-3-2-4;;/h2*2-3H2,1H3;;/q2*-1;+2;. The van der Waals surface area contributed by atoms with E-state index in [4.69, 9.17) is 17.1 Å². The Bertz CT molecular complexity index is 68.6. The molecule has 2 radical (unpaired) electrons. The minimum absolute atomic E-state index is 0. The molecule has 0 saturated heterocycles. The van der Waals surface area contributed by atoms with Crippen LogP contribution in [0, 0.1) is 0 Å². The zero-order chi connectivity index (χ0) is 8.36. The van der Waals surface area contributed by atoms with E-state index in [0.29, 0.717) is 26.4 Å². The van der Waals surface area contributed by atoms with Crippen molar-refractivity contribution in [3.8, 4) is 0 Å². The maximum Gasteiger partial charge on any atom is 0.668 e. The largest absolute Gasteiger partial charge is 0.668 e. The Morgan fingerprint density at radius 2 is 1.25 bits per heavy atom. The molecule has 66 valence electrons. The Morgan fingerprint density at radius 1 is 0.833 bits per heavy atom. The molecule has 12 heavy (non-hydrogen) atoms. The molecule has 0 fully saturated rings. The van der Waals surface area contributed by atoms with E-state index in [1.807, 2.05) is 0 Å². The summed E-state index contributed by atoms with van der Waals surface area (Å²) in [5.41, 5.74) is 0. The first kappa shape index (κ1) is 15.8. The molecule has 0 N–H and O–H groups in total. The summed E-state index contributed by atoms with van der Waals surface area (Å²) in [6.07, 6.45) is 0. The fraction of sp³-hybridized carbons (Fsp3) is 1.00. The normalized spacial score (nSPS) is 9.17. The number of methoxy groups -OCH3 is 2. The van der Waals surface area contributed by atoms with Crippen LogP contribution in [0.3, 0.4) is 0 Å². The fourth-order valence-electron chi connectivity index (χ4n) is 0.407. The van der Waals surface area contributed by atoms with Crippen LogP contribution in [0.25, 0.3) is 0 Å². The minimum atomic E-state index is -0.349. The number of ether oxygens (including phenoxy) is 2. The van der Waals surface area contributed by atoms with Crippen molar-refractivity contribution in [1.82, 2.24) is 0 Å². The molecule has 0 spiro atoms. The molecular formula is C6H14AlNaO4. The second-order valence-electron chi connectivity index (χ2n) is 1.82. The molecule has 6 heteroatoms. The van der Waals surface area contributed by atoms with E-state index in [1.165, 1.54) is 0 Å². The van der Waals surface area contributed by atoms with Gasteiger partial charge in [-0.05, 0) is 0 Å². The molecule has 0 heterocycles. The van der Waals surface area contributed by atoms with Gasteiger partial charge >= 0.3 is 15.9 Å². The molecule has 4 nitrogen and oxygen atoms in total. The van der Waals surface area contributed by atoms with E-state index >= 15 is 0 Å². The molecule has 0 aromatic carbocycles. The van der Waals surface area contributed by atoms with Gasteiger partial charge in [-0.3, -0.25) is 0 Å². The SMILES string of the molecule is COCC[O][Al][O]CCOC.[Na]. The summed E-state index contributed by atoms with van der Waals surface area (Å²) in [6.45, 7) is 2.47. The molecule has 0 rings (SSSR count). The molecule has 0 amide bonds. The second kappa shape index (κ2) is 14.9. The van der Waals surface area contributed by atoms with E-state index < -0.39 is 0 Å². The van der Waals surface area contributed by atoms with E-state index in [9.17, 15) is 0 Å². The van der Waals surface area contributed by atoms with Crippen molar-refractivity contribution in [2.24, 2.45) is 0 Å². The van der Waals surface area contributed by atoms with Crippen LogP contribution in [0.1, 0.15) is 0 Å².